The van der Waals surface area contributed by atoms with E-state index in [9.17, 15) is 4.39 Å². The first kappa shape index (κ1) is 14.7. The topological polar surface area (TPSA) is 39.1 Å². The van der Waals surface area contributed by atoms with Crippen LogP contribution in [0.3, 0.4) is 0 Å². The highest BCUT2D eigenvalue weighted by molar-refractivity contribution is 5.43. The Morgan fingerprint density at radius 3 is 3.00 bits per heavy atom. The van der Waals surface area contributed by atoms with Crippen molar-refractivity contribution in [2.75, 3.05) is 20.3 Å². The molecular formula is C15H20FN3O. The average Bonchev–Trinajstić information content (AvgIpc) is 2.91. The van der Waals surface area contributed by atoms with Gasteiger partial charge in [0.05, 0.1) is 12.3 Å². The third-order valence-corrected chi connectivity index (χ3v) is 3.14. The summed E-state index contributed by atoms with van der Waals surface area (Å²) < 4.78 is 21.0. The van der Waals surface area contributed by atoms with Gasteiger partial charge in [0.15, 0.2) is 0 Å². The number of hydrogen-bond donors (Lipinski definition) is 1. The van der Waals surface area contributed by atoms with Gasteiger partial charge in [-0.05, 0) is 11.6 Å². The molecule has 0 saturated heterocycles. The molecule has 1 aromatic heterocycles. The molecule has 0 saturated carbocycles. The van der Waals surface area contributed by atoms with Crippen molar-refractivity contribution in [3.8, 4) is 5.69 Å². The van der Waals surface area contributed by atoms with E-state index < -0.39 is 0 Å². The summed E-state index contributed by atoms with van der Waals surface area (Å²) in [5.74, 6) is 0.622. The predicted octanol–water partition coefficient (Wildman–Crippen LogP) is 2.31. The highest BCUT2D eigenvalue weighted by atomic mass is 19.1. The van der Waals surface area contributed by atoms with E-state index >= 15 is 0 Å². The molecule has 0 fully saturated rings. The second-order valence-electron chi connectivity index (χ2n) is 4.48. The Balaban J connectivity index is 2.27. The minimum absolute atomic E-state index is 0.233. The Morgan fingerprint density at radius 1 is 1.40 bits per heavy atom. The Labute approximate surface area is 118 Å². The minimum atomic E-state index is -0.233. The zero-order chi connectivity index (χ0) is 14.4. The molecule has 0 aliphatic rings. The summed E-state index contributed by atoms with van der Waals surface area (Å²) in [5.41, 5.74) is 1.49. The number of rotatable bonds is 7. The summed E-state index contributed by atoms with van der Waals surface area (Å²) in [4.78, 5) is 4.26. The van der Waals surface area contributed by atoms with Gasteiger partial charge >= 0.3 is 0 Å². The standard InChI is InChI=1S/C15H20FN3O/c1-3-14-18-7-9-19(14)15-12(5-4-6-13(15)16)11-17-8-10-20-2/h4-7,9,17H,3,8,10-11H2,1-2H3. The maximum absolute atomic E-state index is 14.2. The van der Waals surface area contributed by atoms with E-state index in [4.69, 9.17) is 4.74 Å². The number of nitrogens with one attached hydrogen (secondary N) is 1. The van der Waals surface area contributed by atoms with Crippen molar-refractivity contribution in [1.29, 1.82) is 0 Å². The number of benzene rings is 1. The molecule has 0 spiro atoms. The lowest BCUT2D eigenvalue weighted by atomic mass is 10.1. The molecule has 0 unspecified atom stereocenters. The van der Waals surface area contributed by atoms with Crippen LogP contribution in [0.2, 0.25) is 0 Å². The van der Waals surface area contributed by atoms with Crippen LogP contribution in [0.5, 0.6) is 0 Å². The first-order chi connectivity index (χ1) is 9.77. The summed E-state index contributed by atoms with van der Waals surface area (Å²) in [6.45, 7) is 3.97. The Bertz CT molecular complexity index is 554. The molecule has 108 valence electrons. The Kier molecular flexibility index (Phi) is 5.26. The number of halogens is 1. The molecule has 5 heteroatoms. The van der Waals surface area contributed by atoms with E-state index in [-0.39, 0.29) is 5.82 Å². The number of methoxy groups -OCH3 is 1. The number of imidazole rings is 1. The van der Waals surface area contributed by atoms with E-state index in [1.54, 1.807) is 25.6 Å². The van der Waals surface area contributed by atoms with Crippen molar-refractivity contribution < 1.29 is 9.13 Å². The van der Waals surface area contributed by atoms with Gasteiger partial charge in [0, 0.05) is 39.0 Å². The molecule has 1 N–H and O–H groups in total. The fourth-order valence-electron chi connectivity index (χ4n) is 2.17. The van der Waals surface area contributed by atoms with E-state index in [0.717, 1.165) is 24.4 Å². The molecule has 1 aromatic carbocycles. The smallest absolute Gasteiger partial charge is 0.147 e. The first-order valence-electron chi connectivity index (χ1n) is 6.77. The molecule has 0 atom stereocenters. The molecule has 0 radical (unpaired) electrons. The molecule has 20 heavy (non-hydrogen) atoms. The lowest BCUT2D eigenvalue weighted by molar-refractivity contribution is 0.199. The summed E-state index contributed by atoms with van der Waals surface area (Å²) in [6.07, 6.45) is 4.27. The maximum atomic E-state index is 14.2. The molecule has 0 bridgehead atoms. The summed E-state index contributed by atoms with van der Waals surface area (Å²) in [6, 6.07) is 5.14. The fraction of sp³-hybridized carbons (Fsp3) is 0.400. The molecule has 2 rings (SSSR count). The van der Waals surface area contributed by atoms with Gasteiger partial charge in [0.2, 0.25) is 0 Å². The lowest BCUT2D eigenvalue weighted by Crippen LogP contribution is -2.20. The third-order valence-electron chi connectivity index (χ3n) is 3.14. The van der Waals surface area contributed by atoms with Crippen LogP contribution in [0.15, 0.2) is 30.6 Å². The maximum Gasteiger partial charge on any atom is 0.147 e. The van der Waals surface area contributed by atoms with Gasteiger partial charge in [-0.3, -0.25) is 0 Å². The Morgan fingerprint density at radius 2 is 2.25 bits per heavy atom. The summed E-state index contributed by atoms with van der Waals surface area (Å²) in [5, 5.41) is 3.24. The van der Waals surface area contributed by atoms with E-state index in [2.05, 4.69) is 10.3 Å². The normalized spacial score (nSPS) is 10.9. The van der Waals surface area contributed by atoms with Crippen LogP contribution in [0.4, 0.5) is 4.39 Å². The van der Waals surface area contributed by atoms with Gasteiger partial charge in [0.1, 0.15) is 11.6 Å². The Hall–Kier alpha value is -1.72. The number of para-hydroxylation sites is 1. The zero-order valence-electron chi connectivity index (χ0n) is 11.9. The largest absolute Gasteiger partial charge is 0.383 e. The molecule has 0 amide bonds. The first-order valence-corrected chi connectivity index (χ1v) is 6.77. The van der Waals surface area contributed by atoms with E-state index in [0.29, 0.717) is 18.8 Å². The third kappa shape index (κ3) is 3.23. The van der Waals surface area contributed by atoms with Crippen LogP contribution in [0.25, 0.3) is 5.69 Å². The molecule has 1 heterocycles. The molecule has 4 nitrogen and oxygen atoms in total. The minimum Gasteiger partial charge on any atom is -0.383 e. The average molecular weight is 277 g/mol. The predicted molar refractivity (Wildman–Crippen MR) is 76.5 cm³/mol. The molecule has 2 aromatic rings. The highest BCUT2D eigenvalue weighted by Crippen LogP contribution is 2.20. The molecule has 0 aliphatic carbocycles. The number of hydrogen-bond acceptors (Lipinski definition) is 3. The lowest BCUT2D eigenvalue weighted by Gasteiger charge is -2.14. The van der Waals surface area contributed by atoms with Gasteiger partial charge in [-0.25, -0.2) is 9.37 Å². The van der Waals surface area contributed by atoms with Crippen LogP contribution >= 0.6 is 0 Å². The fourth-order valence-corrected chi connectivity index (χ4v) is 2.17. The molecule has 0 aliphatic heterocycles. The second kappa shape index (κ2) is 7.17. The van der Waals surface area contributed by atoms with E-state index in [1.165, 1.54) is 6.07 Å². The van der Waals surface area contributed by atoms with Crippen LogP contribution < -0.4 is 5.32 Å². The second-order valence-corrected chi connectivity index (χ2v) is 4.48. The number of aromatic nitrogens is 2. The zero-order valence-corrected chi connectivity index (χ0v) is 11.9. The van der Waals surface area contributed by atoms with Crippen LogP contribution in [0, 0.1) is 5.82 Å². The van der Waals surface area contributed by atoms with Crippen LogP contribution in [-0.2, 0) is 17.7 Å². The quantitative estimate of drug-likeness (QED) is 0.789. The van der Waals surface area contributed by atoms with Crippen molar-refractivity contribution in [2.45, 2.75) is 19.9 Å². The van der Waals surface area contributed by atoms with Crippen molar-refractivity contribution in [3.63, 3.8) is 0 Å². The van der Waals surface area contributed by atoms with Gasteiger partial charge in [-0.1, -0.05) is 19.1 Å². The van der Waals surface area contributed by atoms with Gasteiger partial charge in [-0.2, -0.15) is 0 Å². The monoisotopic (exact) mass is 277 g/mol. The van der Waals surface area contributed by atoms with Crippen molar-refractivity contribution >= 4 is 0 Å². The molecular weight excluding hydrogens is 257 g/mol. The number of nitrogens with zero attached hydrogens (tertiary/aromatic N) is 2. The summed E-state index contributed by atoms with van der Waals surface area (Å²) >= 11 is 0. The van der Waals surface area contributed by atoms with Crippen molar-refractivity contribution in [2.24, 2.45) is 0 Å². The number of aryl methyl sites for hydroxylation is 1. The van der Waals surface area contributed by atoms with E-state index in [1.807, 2.05) is 17.6 Å². The van der Waals surface area contributed by atoms with Gasteiger partial charge < -0.3 is 14.6 Å². The summed E-state index contributed by atoms with van der Waals surface area (Å²) in [7, 11) is 1.66. The SMILES string of the molecule is CCc1nccn1-c1c(F)cccc1CNCCOC. The van der Waals surface area contributed by atoms with Crippen LogP contribution in [0.1, 0.15) is 18.3 Å². The van der Waals surface area contributed by atoms with Crippen LogP contribution in [-0.4, -0.2) is 29.8 Å². The van der Waals surface area contributed by atoms with Crippen molar-refractivity contribution in [3.05, 3.63) is 47.8 Å². The van der Waals surface area contributed by atoms with Gasteiger partial charge in [0.25, 0.3) is 0 Å². The van der Waals surface area contributed by atoms with Gasteiger partial charge in [-0.15, -0.1) is 0 Å². The number of ether oxygens (including phenoxy) is 1. The van der Waals surface area contributed by atoms with Crippen molar-refractivity contribution in [1.82, 2.24) is 14.9 Å². The highest BCUT2D eigenvalue weighted by Gasteiger charge is 2.12.